The zero-order valence-corrected chi connectivity index (χ0v) is 11.9. The summed E-state index contributed by atoms with van der Waals surface area (Å²) in [5.41, 5.74) is 1.25. The van der Waals surface area contributed by atoms with Crippen LogP contribution in [0.1, 0.15) is 25.3 Å². The molecule has 5 heteroatoms. The number of nitrogens with zero attached hydrogens (tertiary/aromatic N) is 4. The highest BCUT2D eigenvalue weighted by atomic mass is 15.3. The maximum atomic E-state index is 4.55. The van der Waals surface area contributed by atoms with Gasteiger partial charge in [0.1, 0.15) is 18.0 Å². The van der Waals surface area contributed by atoms with Crippen LogP contribution in [0.4, 0.5) is 11.6 Å². The Morgan fingerprint density at radius 1 is 1.32 bits per heavy atom. The molecule has 3 rings (SSSR count). The maximum absolute atomic E-state index is 4.55. The van der Waals surface area contributed by atoms with Crippen molar-refractivity contribution in [2.24, 2.45) is 0 Å². The quantitative estimate of drug-likeness (QED) is 0.890. The number of fused-ring (bicyclic) bond motifs is 1. The lowest BCUT2D eigenvalue weighted by Gasteiger charge is -2.38. The molecule has 1 unspecified atom stereocenters. The fraction of sp³-hybridized carbons (Fsp3) is 0.714. The van der Waals surface area contributed by atoms with Crippen LogP contribution in [0.3, 0.4) is 0 Å². The predicted octanol–water partition coefficient (Wildman–Crippen LogP) is 1.37. The third-order valence-corrected chi connectivity index (χ3v) is 4.40. The molecule has 19 heavy (non-hydrogen) atoms. The first-order valence-corrected chi connectivity index (χ1v) is 7.34. The van der Waals surface area contributed by atoms with Crippen molar-refractivity contribution >= 4 is 11.6 Å². The van der Waals surface area contributed by atoms with Gasteiger partial charge in [-0.3, -0.25) is 4.90 Å². The van der Waals surface area contributed by atoms with Gasteiger partial charge in [-0.15, -0.1) is 0 Å². The molecule has 0 bridgehead atoms. The van der Waals surface area contributed by atoms with Gasteiger partial charge in [-0.25, -0.2) is 9.97 Å². The summed E-state index contributed by atoms with van der Waals surface area (Å²) in [6.45, 7) is 6.84. The van der Waals surface area contributed by atoms with Crippen LogP contribution in [-0.4, -0.2) is 54.1 Å². The average Bonchev–Trinajstić information content (AvgIpc) is 2.93. The molecule has 3 heterocycles. The van der Waals surface area contributed by atoms with Crippen LogP contribution >= 0.6 is 0 Å². The Morgan fingerprint density at radius 2 is 2.21 bits per heavy atom. The minimum atomic E-state index is 0.728. The Kier molecular flexibility index (Phi) is 3.55. The van der Waals surface area contributed by atoms with E-state index < -0.39 is 0 Å². The summed E-state index contributed by atoms with van der Waals surface area (Å²) in [7, 11) is 1.93. The molecular formula is C14H23N5. The van der Waals surface area contributed by atoms with Crippen LogP contribution < -0.4 is 10.2 Å². The first-order valence-electron chi connectivity index (χ1n) is 7.34. The summed E-state index contributed by atoms with van der Waals surface area (Å²) in [6.07, 6.45) is 5.34. The van der Waals surface area contributed by atoms with E-state index >= 15 is 0 Å². The number of nitrogens with one attached hydrogen (secondary N) is 1. The van der Waals surface area contributed by atoms with E-state index in [1.807, 2.05) is 7.05 Å². The molecule has 2 aliphatic heterocycles. The lowest BCUT2D eigenvalue weighted by atomic mass is 10.1. The Morgan fingerprint density at radius 3 is 3.00 bits per heavy atom. The third kappa shape index (κ3) is 2.27. The number of piperazine rings is 1. The highest BCUT2D eigenvalue weighted by Crippen LogP contribution is 2.28. The largest absolute Gasteiger partial charge is 0.373 e. The number of hydrogen-bond acceptors (Lipinski definition) is 5. The van der Waals surface area contributed by atoms with E-state index in [0.717, 1.165) is 37.2 Å². The van der Waals surface area contributed by atoms with E-state index in [4.69, 9.17) is 0 Å². The smallest absolute Gasteiger partial charge is 0.137 e. The van der Waals surface area contributed by atoms with Gasteiger partial charge in [-0.05, 0) is 25.8 Å². The number of hydrogen-bond donors (Lipinski definition) is 1. The van der Waals surface area contributed by atoms with Gasteiger partial charge < -0.3 is 10.2 Å². The Labute approximate surface area is 115 Å². The fourth-order valence-corrected chi connectivity index (χ4v) is 3.40. The molecule has 0 saturated carbocycles. The van der Waals surface area contributed by atoms with Gasteiger partial charge in [0.25, 0.3) is 0 Å². The van der Waals surface area contributed by atoms with Crippen molar-refractivity contribution in [2.45, 2.75) is 32.2 Å². The van der Waals surface area contributed by atoms with Gasteiger partial charge in [0, 0.05) is 38.3 Å². The maximum Gasteiger partial charge on any atom is 0.137 e. The normalized spacial score (nSPS) is 23.5. The summed E-state index contributed by atoms with van der Waals surface area (Å²) in [6, 6.07) is 0.728. The number of anilines is 2. The Balaban J connectivity index is 1.85. The van der Waals surface area contributed by atoms with Crippen molar-refractivity contribution in [1.82, 2.24) is 14.9 Å². The molecule has 5 nitrogen and oxygen atoms in total. The summed E-state index contributed by atoms with van der Waals surface area (Å²) in [4.78, 5) is 14.0. The van der Waals surface area contributed by atoms with Gasteiger partial charge in [0.05, 0.1) is 0 Å². The van der Waals surface area contributed by atoms with Crippen molar-refractivity contribution in [1.29, 1.82) is 0 Å². The van der Waals surface area contributed by atoms with Crippen LogP contribution in [0.15, 0.2) is 6.33 Å². The molecule has 0 spiro atoms. The lowest BCUT2D eigenvalue weighted by Crippen LogP contribution is -2.50. The van der Waals surface area contributed by atoms with E-state index in [2.05, 4.69) is 32.0 Å². The van der Waals surface area contributed by atoms with E-state index in [9.17, 15) is 0 Å². The molecule has 0 radical (unpaired) electrons. The first kappa shape index (κ1) is 12.7. The van der Waals surface area contributed by atoms with Crippen molar-refractivity contribution in [2.75, 3.05) is 43.4 Å². The first-order chi connectivity index (χ1) is 9.33. The van der Waals surface area contributed by atoms with Gasteiger partial charge >= 0.3 is 0 Å². The van der Waals surface area contributed by atoms with Crippen molar-refractivity contribution in [3.05, 3.63) is 11.9 Å². The van der Waals surface area contributed by atoms with Crippen LogP contribution in [0.5, 0.6) is 0 Å². The molecule has 1 aromatic rings. The second kappa shape index (κ2) is 5.33. The second-order valence-corrected chi connectivity index (χ2v) is 5.41. The molecule has 1 N–H and O–H groups in total. The van der Waals surface area contributed by atoms with Crippen molar-refractivity contribution in [3.8, 4) is 0 Å². The highest BCUT2D eigenvalue weighted by molar-refractivity contribution is 5.58. The molecule has 1 atom stereocenters. The number of rotatable bonds is 3. The van der Waals surface area contributed by atoms with Crippen molar-refractivity contribution < 1.29 is 0 Å². The highest BCUT2D eigenvalue weighted by Gasteiger charge is 2.31. The van der Waals surface area contributed by atoms with E-state index in [1.54, 1.807) is 6.33 Å². The molecule has 1 aromatic heterocycles. The van der Waals surface area contributed by atoms with Crippen LogP contribution in [-0.2, 0) is 6.42 Å². The number of aromatic nitrogens is 2. The minimum Gasteiger partial charge on any atom is -0.373 e. The summed E-state index contributed by atoms with van der Waals surface area (Å²) in [5, 5.41) is 3.18. The van der Waals surface area contributed by atoms with Crippen LogP contribution in [0.2, 0.25) is 0 Å². The Hall–Kier alpha value is -1.36. The van der Waals surface area contributed by atoms with E-state index in [0.29, 0.717) is 0 Å². The molecule has 0 amide bonds. The van der Waals surface area contributed by atoms with Crippen molar-refractivity contribution in [3.63, 3.8) is 0 Å². The minimum absolute atomic E-state index is 0.728. The molecule has 2 aliphatic rings. The zero-order valence-electron chi connectivity index (χ0n) is 11.9. The summed E-state index contributed by atoms with van der Waals surface area (Å²) < 4.78 is 0. The molecule has 2 fully saturated rings. The standard InChI is InChI=1S/C14H23N5/c1-3-12-13(15-2)16-10-17-14(12)19-8-7-18-6-4-5-11(18)9-19/h10-11H,3-9H2,1-2H3,(H,15,16,17). The zero-order chi connectivity index (χ0) is 13.2. The summed E-state index contributed by atoms with van der Waals surface area (Å²) in [5.74, 6) is 2.11. The second-order valence-electron chi connectivity index (χ2n) is 5.41. The molecular weight excluding hydrogens is 238 g/mol. The monoisotopic (exact) mass is 261 g/mol. The summed E-state index contributed by atoms with van der Waals surface area (Å²) >= 11 is 0. The third-order valence-electron chi connectivity index (χ3n) is 4.40. The van der Waals surface area contributed by atoms with Gasteiger partial charge in [0.15, 0.2) is 0 Å². The fourth-order valence-electron chi connectivity index (χ4n) is 3.40. The molecule has 0 aliphatic carbocycles. The van der Waals surface area contributed by atoms with Crippen LogP contribution in [0, 0.1) is 0 Å². The van der Waals surface area contributed by atoms with Gasteiger partial charge in [0.2, 0.25) is 0 Å². The van der Waals surface area contributed by atoms with Gasteiger partial charge in [-0.1, -0.05) is 6.92 Å². The predicted molar refractivity (Wildman–Crippen MR) is 77.8 cm³/mol. The Bertz CT molecular complexity index is 447. The molecule has 2 saturated heterocycles. The molecule has 104 valence electrons. The topological polar surface area (TPSA) is 44.3 Å². The van der Waals surface area contributed by atoms with E-state index in [1.165, 1.54) is 31.5 Å². The van der Waals surface area contributed by atoms with E-state index in [-0.39, 0.29) is 0 Å². The SMILES string of the molecule is CCc1c(NC)ncnc1N1CCN2CCCC2C1. The van der Waals surface area contributed by atoms with Crippen LogP contribution in [0.25, 0.3) is 0 Å². The molecule has 0 aromatic carbocycles. The lowest BCUT2D eigenvalue weighted by molar-refractivity contribution is 0.230. The average molecular weight is 261 g/mol. The van der Waals surface area contributed by atoms with Gasteiger partial charge in [-0.2, -0.15) is 0 Å².